The van der Waals surface area contributed by atoms with Crippen molar-refractivity contribution in [2.45, 2.75) is 11.4 Å². The fourth-order valence-electron chi connectivity index (χ4n) is 2.45. The molecule has 168 valence electrons. The van der Waals surface area contributed by atoms with Crippen molar-refractivity contribution in [3.8, 4) is 11.5 Å². The van der Waals surface area contributed by atoms with Crippen LogP contribution in [0.5, 0.6) is 11.5 Å². The minimum absolute atomic E-state index is 0.0921. The van der Waals surface area contributed by atoms with Crippen molar-refractivity contribution < 1.29 is 30.7 Å². The summed E-state index contributed by atoms with van der Waals surface area (Å²) in [5.74, 6) is -0.384. The molecular weight excluding hydrogens is 448 g/mol. The molecule has 0 fully saturated rings. The predicted molar refractivity (Wildman–Crippen MR) is 113 cm³/mol. The Balaban J connectivity index is 2.30. The number of nitrogens with one attached hydrogen (secondary N) is 1. The number of guanidine groups is 1. The van der Waals surface area contributed by atoms with Gasteiger partial charge >= 0.3 is 6.03 Å². The number of hydroxylamine groups is 2. The van der Waals surface area contributed by atoms with Gasteiger partial charge in [0.25, 0.3) is 10.1 Å². The summed E-state index contributed by atoms with van der Waals surface area (Å²) < 4.78 is 57.3. The van der Waals surface area contributed by atoms with Gasteiger partial charge in [0.15, 0.2) is 9.84 Å². The number of nitrogens with zero attached hydrogens (tertiary/aromatic N) is 2. The average Bonchev–Trinajstić information content (AvgIpc) is 2.66. The first kappa shape index (κ1) is 24.1. The lowest BCUT2D eigenvalue weighted by molar-refractivity contribution is 0.0424. The van der Waals surface area contributed by atoms with Crippen LogP contribution in [-0.4, -0.2) is 58.3 Å². The average molecular weight is 471 g/mol. The number of urea groups is 1. The SMILES string of the molecule is CN(Cc1ccc(Oc2ccccc2)c(S(C)(=O)=O)c1)C(=O)N(OS(C)(=O)=O)C(=N)N. The molecule has 0 aromatic heterocycles. The molecule has 13 heteroatoms. The first-order valence-corrected chi connectivity index (χ1v) is 12.3. The summed E-state index contributed by atoms with van der Waals surface area (Å²) in [5.41, 5.74) is 5.63. The number of benzene rings is 2. The summed E-state index contributed by atoms with van der Waals surface area (Å²) in [6, 6.07) is 11.9. The van der Waals surface area contributed by atoms with Gasteiger partial charge in [0.2, 0.25) is 5.96 Å². The van der Waals surface area contributed by atoms with Crippen LogP contribution in [0.25, 0.3) is 0 Å². The third-order valence-corrected chi connectivity index (χ3v) is 5.27. The van der Waals surface area contributed by atoms with Crippen LogP contribution in [0.2, 0.25) is 0 Å². The van der Waals surface area contributed by atoms with Gasteiger partial charge in [-0.15, -0.1) is 9.35 Å². The Bertz CT molecular complexity index is 1180. The van der Waals surface area contributed by atoms with Gasteiger partial charge in [-0.1, -0.05) is 24.3 Å². The molecule has 0 aliphatic rings. The molecule has 0 radical (unpaired) electrons. The number of amides is 2. The number of hydrogen-bond donors (Lipinski definition) is 2. The van der Waals surface area contributed by atoms with Crippen LogP contribution in [0, 0.1) is 5.41 Å². The van der Waals surface area contributed by atoms with E-state index in [0.717, 1.165) is 11.2 Å². The summed E-state index contributed by atoms with van der Waals surface area (Å²) in [4.78, 5) is 13.4. The van der Waals surface area contributed by atoms with E-state index in [-0.39, 0.29) is 22.3 Å². The van der Waals surface area contributed by atoms with Crippen LogP contribution < -0.4 is 10.5 Å². The van der Waals surface area contributed by atoms with E-state index in [1.54, 1.807) is 36.4 Å². The summed E-state index contributed by atoms with van der Waals surface area (Å²) in [6.45, 7) is -0.135. The monoisotopic (exact) mass is 470 g/mol. The second-order valence-electron chi connectivity index (χ2n) is 6.57. The lowest BCUT2D eigenvalue weighted by Gasteiger charge is -2.24. The smallest absolute Gasteiger partial charge is 0.352 e. The normalized spacial score (nSPS) is 11.6. The van der Waals surface area contributed by atoms with Crippen molar-refractivity contribution >= 4 is 31.9 Å². The minimum atomic E-state index is -4.12. The fourth-order valence-corrected chi connectivity index (χ4v) is 3.70. The molecule has 0 saturated heterocycles. The first-order valence-electron chi connectivity index (χ1n) is 8.62. The molecule has 0 atom stereocenters. The van der Waals surface area contributed by atoms with Gasteiger partial charge in [0.1, 0.15) is 16.4 Å². The Labute approximate surface area is 180 Å². The molecule has 0 bridgehead atoms. The number of para-hydroxylation sites is 1. The lowest BCUT2D eigenvalue weighted by atomic mass is 10.2. The van der Waals surface area contributed by atoms with Crippen LogP contribution in [0.1, 0.15) is 5.56 Å². The summed E-state index contributed by atoms with van der Waals surface area (Å²) in [5, 5.41) is 7.47. The van der Waals surface area contributed by atoms with Gasteiger partial charge in [-0.3, -0.25) is 5.41 Å². The largest absolute Gasteiger partial charge is 0.456 e. The van der Waals surface area contributed by atoms with Gasteiger partial charge in [0.05, 0.1) is 6.26 Å². The van der Waals surface area contributed by atoms with Gasteiger partial charge in [-0.25, -0.2) is 13.2 Å². The number of sulfone groups is 1. The van der Waals surface area contributed by atoms with Crippen molar-refractivity contribution in [3.05, 3.63) is 54.1 Å². The van der Waals surface area contributed by atoms with Gasteiger partial charge in [0, 0.05) is 19.8 Å². The van der Waals surface area contributed by atoms with Crippen LogP contribution in [0.4, 0.5) is 4.79 Å². The van der Waals surface area contributed by atoms with E-state index in [1.807, 2.05) is 0 Å². The number of ether oxygens (including phenoxy) is 1. The molecule has 2 amide bonds. The predicted octanol–water partition coefficient (Wildman–Crippen LogP) is 1.52. The number of nitrogens with two attached hydrogens (primary N) is 1. The zero-order valence-corrected chi connectivity index (χ0v) is 18.6. The Morgan fingerprint density at radius 2 is 1.68 bits per heavy atom. The Hall–Kier alpha value is -3.16. The Kier molecular flexibility index (Phi) is 7.25. The summed E-state index contributed by atoms with van der Waals surface area (Å²) >= 11 is 0. The van der Waals surface area contributed by atoms with E-state index in [4.69, 9.17) is 15.9 Å². The molecule has 31 heavy (non-hydrogen) atoms. The molecule has 2 aromatic rings. The third-order valence-electron chi connectivity index (χ3n) is 3.73. The summed E-state index contributed by atoms with van der Waals surface area (Å²) in [6.07, 6.45) is 1.72. The van der Waals surface area contributed by atoms with Crippen molar-refractivity contribution in [1.82, 2.24) is 9.96 Å². The molecule has 0 aliphatic carbocycles. The molecule has 2 rings (SSSR count). The Morgan fingerprint density at radius 3 is 2.19 bits per heavy atom. The maximum Gasteiger partial charge on any atom is 0.352 e. The number of rotatable bonds is 7. The lowest BCUT2D eigenvalue weighted by Crippen LogP contribution is -2.48. The molecule has 0 spiro atoms. The highest BCUT2D eigenvalue weighted by Gasteiger charge is 2.26. The van der Waals surface area contributed by atoms with Crippen LogP contribution in [0.15, 0.2) is 53.4 Å². The third kappa shape index (κ3) is 6.94. The van der Waals surface area contributed by atoms with Crippen molar-refractivity contribution in [2.75, 3.05) is 19.6 Å². The molecule has 0 unspecified atom stereocenters. The fraction of sp³-hybridized carbons (Fsp3) is 0.222. The maximum atomic E-state index is 12.5. The number of carbonyl (C=O) groups excluding carboxylic acids is 1. The molecule has 0 saturated carbocycles. The maximum absolute atomic E-state index is 12.5. The standard InChI is InChI=1S/C18H22N4O7S2/c1-21(18(23)22(17(19)20)29-31(3,26)27)12-13-9-10-15(16(11-13)30(2,24)25)28-14-7-5-4-6-8-14/h4-11H,12H2,1-3H3,(H3,19,20). The molecular formula is C18H22N4O7S2. The van der Waals surface area contributed by atoms with Crippen molar-refractivity contribution in [2.24, 2.45) is 5.73 Å². The van der Waals surface area contributed by atoms with Crippen LogP contribution in [-0.2, 0) is 30.8 Å². The van der Waals surface area contributed by atoms with Gasteiger partial charge < -0.3 is 15.4 Å². The van der Waals surface area contributed by atoms with Gasteiger partial charge in [-0.05, 0) is 29.8 Å². The molecule has 0 heterocycles. The quantitative estimate of drug-likeness (QED) is 0.350. The van der Waals surface area contributed by atoms with E-state index in [9.17, 15) is 21.6 Å². The highest BCUT2D eigenvalue weighted by Crippen LogP contribution is 2.30. The van der Waals surface area contributed by atoms with E-state index in [1.165, 1.54) is 19.2 Å². The van der Waals surface area contributed by atoms with E-state index < -0.39 is 31.9 Å². The molecule has 3 N–H and O–H groups in total. The Morgan fingerprint density at radius 1 is 1.06 bits per heavy atom. The van der Waals surface area contributed by atoms with Crippen molar-refractivity contribution in [1.29, 1.82) is 5.41 Å². The van der Waals surface area contributed by atoms with Crippen molar-refractivity contribution in [3.63, 3.8) is 0 Å². The first-order chi connectivity index (χ1) is 14.3. The number of hydrogen-bond acceptors (Lipinski definition) is 8. The second kappa shape index (κ2) is 9.32. The molecule has 11 nitrogen and oxygen atoms in total. The van der Waals surface area contributed by atoms with E-state index >= 15 is 0 Å². The molecule has 0 aliphatic heterocycles. The van der Waals surface area contributed by atoms with Crippen LogP contribution >= 0.6 is 0 Å². The topological polar surface area (TPSA) is 160 Å². The van der Waals surface area contributed by atoms with Gasteiger partial charge in [-0.2, -0.15) is 8.42 Å². The minimum Gasteiger partial charge on any atom is -0.456 e. The van der Waals surface area contributed by atoms with E-state index in [0.29, 0.717) is 17.6 Å². The zero-order chi connectivity index (χ0) is 23.4. The highest BCUT2D eigenvalue weighted by atomic mass is 32.2. The highest BCUT2D eigenvalue weighted by molar-refractivity contribution is 7.90. The van der Waals surface area contributed by atoms with Crippen LogP contribution in [0.3, 0.4) is 0 Å². The second-order valence-corrected chi connectivity index (χ2v) is 10.1. The zero-order valence-electron chi connectivity index (χ0n) is 17.0. The number of carbonyl (C=O) groups is 1. The summed E-state index contributed by atoms with van der Waals surface area (Å²) in [7, 11) is -6.50. The molecule has 2 aromatic carbocycles. The van der Waals surface area contributed by atoms with E-state index in [2.05, 4.69) is 4.28 Å².